The second kappa shape index (κ2) is 10.0. The second-order valence-electron chi connectivity index (χ2n) is 7.58. The number of rotatable bonds is 8. The fourth-order valence-electron chi connectivity index (χ4n) is 3.44. The zero-order valence-electron chi connectivity index (χ0n) is 18.1. The van der Waals surface area contributed by atoms with E-state index in [1.54, 1.807) is 11.0 Å². The van der Waals surface area contributed by atoms with Crippen molar-refractivity contribution >= 4 is 16.0 Å². The molecule has 0 radical (unpaired) electrons. The Kier molecular flexibility index (Phi) is 7.53. The number of hydrogen-bond acceptors (Lipinski definition) is 6. The van der Waals surface area contributed by atoms with Crippen LogP contribution in [-0.2, 0) is 32.4 Å². The maximum Gasteiger partial charge on any atom is 0.416 e. The van der Waals surface area contributed by atoms with Gasteiger partial charge in [-0.1, -0.05) is 12.1 Å². The van der Waals surface area contributed by atoms with Crippen LogP contribution in [0.3, 0.4) is 0 Å². The Bertz CT molecular complexity index is 1100. The minimum absolute atomic E-state index is 0.0656. The van der Waals surface area contributed by atoms with E-state index in [9.17, 15) is 26.4 Å². The fourth-order valence-corrected chi connectivity index (χ4v) is 4.42. The van der Waals surface area contributed by atoms with Crippen LogP contribution >= 0.6 is 0 Å². The molecule has 0 spiro atoms. The van der Waals surface area contributed by atoms with Crippen molar-refractivity contribution in [3.63, 3.8) is 0 Å². The van der Waals surface area contributed by atoms with Gasteiger partial charge < -0.3 is 18.6 Å². The maximum absolute atomic E-state index is 13.0. The Morgan fingerprint density at radius 3 is 2.55 bits per heavy atom. The molecule has 1 amide bonds. The first-order valence-corrected chi connectivity index (χ1v) is 11.6. The first kappa shape index (κ1) is 24.8. The predicted molar refractivity (Wildman–Crippen MR) is 112 cm³/mol. The van der Waals surface area contributed by atoms with E-state index in [0.717, 1.165) is 31.0 Å². The highest BCUT2D eigenvalue weighted by molar-refractivity contribution is 7.87. The van der Waals surface area contributed by atoms with Gasteiger partial charge in [0.1, 0.15) is 4.90 Å². The first-order chi connectivity index (χ1) is 15.5. The second-order valence-corrected chi connectivity index (χ2v) is 9.13. The standard InChI is InChI=1S/C22H24F3NO6S/c1-15(27)26(14-18-6-4-10-31-18)13-16-8-9-20(30-2)21(11-16)32-33(28,29)19-7-3-5-17(12-19)22(23,24)25/h3,5,7-9,11-12,18H,4,6,10,13-14H2,1-2H3. The molecule has 1 fully saturated rings. The Labute approximate surface area is 190 Å². The van der Waals surface area contributed by atoms with Crippen LogP contribution in [-0.4, -0.2) is 45.6 Å². The van der Waals surface area contributed by atoms with Gasteiger partial charge in [-0.15, -0.1) is 0 Å². The molecule has 3 rings (SSSR count). The summed E-state index contributed by atoms with van der Waals surface area (Å²) < 4.78 is 80.2. The van der Waals surface area contributed by atoms with E-state index in [4.69, 9.17) is 13.7 Å². The van der Waals surface area contributed by atoms with Crippen molar-refractivity contribution in [2.24, 2.45) is 0 Å². The van der Waals surface area contributed by atoms with E-state index < -0.39 is 26.8 Å². The minimum atomic E-state index is -4.71. The van der Waals surface area contributed by atoms with Crippen molar-refractivity contribution in [2.45, 2.75) is 43.5 Å². The molecule has 180 valence electrons. The van der Waals surface area contributed by atoms with Crippen molar-refractivity contribution < 1.29 is 40.0 Å². The summed E-state index contributed by atoms with van der Waals surface area (Å²) in [5, 5.41) is 0. The predicted octanol–water partition coefficient (Wildman–Crippen LogP) is 4.01. The molecule has 0 N–H and O–H groups in total. The van der Waals surface area contributed by atoms with Crippen LogP contribution in [0.2, 0.25) is 0 Å². The lowest BCUT2D eigenvalue weighted by molar-refractivity contribution is -0.137. The van der Waals surface area contributed by atoms with Crippen LogP contribution in [0.5, 0.6) is 11.5 Å². The molecule has 7 nitrogen and oxygen atoms in total. The van der Waals surface area contributed by atoms with Crippen LogP contribution in [0.1, 0.15) is 30.9 Å². The molecule has 2 aromatic carbocycles. The monoisotopic (exact) mass is 487 g/mol. The largest absolute Gasteiger partial charge is 0.493 e. The van der Waals surface area contributed by atoms with Crippen LogP contribution in [0.25, 0.3) is 0 Å². The SMILES string of the molecule is COc1ccc(CN(CC2CCCO2)C(C)=O)cc1OS(=O)(=O)c1cccc(C(F)(F)F)c1. The van der Waals surface area contributed by atoms with Gasteiger partial charge in [0.05, 0.1) is 18.8 Å². The number of benzene rings is 2. The molecule has 1 aliphatic heterocycles. The molecule has 0 aliphatic carbocycles. The molecule has 0 aromatic heterocycles. The summed E-state index contributed by atoms with van der Waals surface area (Å²) in [7, 11) is -3.29. The summed E-state index contributed by atoms with van der Waals surface area (Å²) in [5.74, 6) is -0.309. The topological polar surface area (TPSA) is 82.1 Å². The third-order valence-corrected chi connectivity index (χ3v) is 6.37. The summed E-state index contributed by atoms with van der Waals surface area (Å²) >= 11 is 0. The van der Waals surface area contributed by atoms with Crippen LogP contribution in [0.15, 0.2) is 47.4 Å². The zero-order chi connectivity index (χ0) is 24.2. The van der Waals surface area contributed by atoms with Crippen molar-refractivity contribution in [1.29, 1.82) is 0 Å². The number of alkyl halides is 3. The molecule has 1 aliphatic rings. The van der Waals surface area contributed by atoms with Crippen molar-refractivity contribution in [2.75, 3.05) is 20.3 Å². The lowest BCUT2D eigenvalue weighted by Gasteiger charge is -2.24. The molecular formula is C22H24F3NO6S. The average molecular weight is 487 g/mol. The van der Waals surface area contributed by atoms with Gasteiger partial charge in [0.2, 0.25) is 5.91 Å². The molecular weight excluding hydrogens is 463 g/mol. The van der Waals surface area contributed by atoms with Gasteiger partial charge in [0.25, 0.3) is 0 Å². The van der Waals surface area contributed by atoms with Gasteiger partial charge in [-0.25, -0.2) is 0 Å². The molecule has 2 aromatic rings. The average Bonchev–Trinajstić information content (AvgIpc) is 3.26. The number of nitrogens with zero attached hydrogens (tertiary/aromatic N) is 1. The molecule has 1 atom stereocenters. The highest BCUT2D eigenvalue weighted by Crippen LogP contribution is 2.34. The van der Waals surface area contributed by atoms with E-state index in [0.29, 0.717) is 24.8 Å². The van der Waals surface area contributed by atoms with Crippen molar-refractivity contribution in [3.05, 3.63) is 53.6 Å². The number of hydrogen-bond donors (Lipinski definition) is 0. The maximum atomic E-state index is 13.0. The number of ether oxygens (including phenoxy) is 2. The van der Waals surface area contributed by atoms with E-state index in [1.807, 2.05) is 0 Å². The molecule has 0 bridgehead atoms. The van der Waals surface area contributed by atoms with E-state index >= 15 is 0 Å². The molecule has 1 unspecified atom stereocenters. The molecule has 11 heteroatoms. The van der Waals surface area contributed by atoms with Gasteiger partial charge in [-0.05, 0) is 48.7 Å². The number of halogens is 3. The van der Waals surface area contributed by atoms with E-state index in [1.165, 1.54) is 26.2 Å². The highest BCUT2D eigenvalue weighted by atomic mass is 32.2. The lowest BCUT2D eigenvalue weighted by Crippen LogP contribution is -2.35. The van der Waals surface area contributed by atoms with E-state index in [2.05, 4.69) is 0 Å². The van der Waals surface area contributed by atoms with Gasteiger partial charge in [0, 0.05) is 26.6 Å². The molecule has 1 heterocycles. The Hall–Kier alpha value is -2.79. The molecule has 1 saturated heterocycles. The third-order valence-electron chi connectivity index (χ3n) is 5.14. The van der Waals surface area contributed by atoms with Crippen LogP contribution in [0, 0.1) is 0 Å². The van der Waals surface area contributed by atoms with Crippen LogP contribution < -0.4 is 8.92 Å². The molecule has 33 heavy (non-hydrogen) atoms. The van der Waals surface area contributed by atoms with Crippen molar-refractivity contribution in [3.8, 4) is 11.5 Å². The fraction of sp³-hybridized carbons (Fsp3) is 0.409. The quantitative estimate of drug-likeness (QED) is 0.524. The van der Waals surface area contributed by atoms with Crippen LogP contribution in [0.4, 0.5) is 13.2 Å². The lowest BCUT2D eigenvalue weighted by atomic mass is 10.1. The van der Waals surface area contributed by atoms with Gasteiger partial charge >= 0.3 is 16.3 Å². The van der Waals surface area contributed by atoms with E-state index in [-0.39, 0.29) is 30.1 Å². The van der Waals surface area contributed by atoms with Gasteiger partial charge in [0.15, 0.2) is 11.5 Å². The summed E-state index contributed by atoms with van der Waals surface area (Å²) in [6, 6.07) is 7.78. The summed E-state index contributed by atoms with van der Waals surface area (Å²) in [5.41, 5.74) is -0.558. The number of amides is 1. The van der Waals surface area contributed by atoms with Gasteiger partial charge in [-0.2, -0.15) is 21.6 Å². The first-order valence-electron chi connectivity index (χ1n) is 10.2. The van der Waals surface area contributed by atoms with Crippen molar-refractivity contribution in [1.82, 2.24) is 4.90 Å². The molecule has 0 saturated carbocycles. The number of methoxy groups -OCH3 is 1. The summed E-state index contributed by atoms with van der Waals surface area (Å²) in [6.45, 7) is 2.62. The Morgan fingerprint density at radius 2 is 1.94 bits per heavy atom. The third kappa shape index (κ3) is 6.38. The number of carbonyl (C=O) groups is 1. The smallest absolute Gasteiger partial charge is 0.416 e. The Balaban J connectivity index is 1.85. The van der Waals surface area contributed by atoms with Gasteiger partial charge in [-0.3, -0.25) is 4.79 Å². The number of carbonyl (C=O) groups excluding carboxylic acids is 1. The zero-order valence-corrected chi connectivity index (χ0v) is 18.9. The normalized spacial score (nSPS) is 16.5. The highest BCUT2D eigenvalue weighted by Gasteiger charge is 2.32. The minimum Gasteiger partial charge on any atom is -0.493 e. The summed E-state index contributed by atoms with van der Waals surface area (Å²) in [4.78, 5) is 13.0. The Morgan fingerprint density at radius 1 is 1.18 bits per heavy atom. The summed E-state index contributed by atoms with van der Waals surface area (Å²) in [6.07, 6.45) is -3.01.